The van der Waals surface area contributed by atoms with Crippen LogP contribution in [0.15, 0.2) is 71.6 Å². The van der Waals surface area contributed by atoms with Crippen LogP contribution in [-0.4, -0.2) is 34.1 Å². The number of carbonyl (C=O) groups excluding carboxylic acids is 1. The first-order valence-corrected chi connectivity index (χ1v) is 12.3. The number of amides is 1. The second-order valence-corrected chi connectivity index (χ2v) is 9.59. The Bertz CT molecular complexity index is 1270. The summed E-state index contributed by atoms with van der Waals surface area (Å²) in [4.78, 5) is 12.6. The third-order valence-corrected chi connectivity index (χ3v) is 7.47. The molecule has 1 N–H and O–H groups in total. The molecule has 0 saturated heterocycles. The zero-order valence-corrected chi connectivity index (χ0v) is 19.5. The summed E-state index contributed by atoms with van der Waals surface area (Å²) < 4.78 is 39.0. The summed E-state index contributed by atoms with van der Waals surface area (Å²) >= 11 is 6.26. The van der Waals surface area contributed by atoms with Crippen molar-refractivity contribution >= 4 is 38.9 Å². The molecule has 1 heterocycles. The van der Waals surface area contributed by atoms with Crippen LogP contribution in [0.3, 0.4) is 0 Å². The molecule has 1 aliphatic heterocycles. The molecule has 0 unspecified atom stereocenters. The van der Waals surface area contributed by atoms with Crippen LogP contribution < -0.4 is 19.1 Å². The summed E-state index contributed by atoms with van der Waals surface area (Å²) in [5.41, 5.74) is 1.62. The van der Waals surface area contributed by atoms with Crippen LogP contribution in [0.25, 0.3) is 0 Å². The predicted octanol–water partition coefficient (Wildman–Crippen LogP) is 4.51. The first-order chi connectivity index (χ1) is 15.9. The Hall–Kier alpha value is -3.23. The van der Waals surface area contributed by atoms with E-state index in [2.05, 4.69) is 5.32 Å². The van der Waals surface area contributed by atoms with Gasteiger partial charge in [-0.1, -0.05) is 35.9 Å². The Morgan fingerprint density at radius 1 is 1.00 bits per heavy atom. The molecule has 9 heteroatoms. The maximum Gasteiger partial charge on any atom is 0.265 e. The van der Waals surface area contributed by atoms with Crippen LogP contribution >= 0.6 is 11.6 Å². The van der Waals surface area contributed by atoms with Crippen LogP contribution in [0.2, 0.25) is 5.02 Å². The molecule has 0 aliphatic carbocycles. The molecular weight excluding hydrogens is 464 g/mol. The summed E-state index contributed by atoms with van der Waals surface area (Å²) in [5, 5.41) is 2.83. The van der Waals surface area contributed by atoms with E-state index >= 15 is 0 Å². The van der Waals surface area contributed by atoms with E-state index in [-0.39, 0.29) is 28.8 Å². The van der Waals surface area contributed by atoms with Crippen LogP contribution in [0, 0.1) is 0 Å². The standard InChI is InChI=1S/C24H23ClN2O5S/c1-2-27(19-6-4-3-5-7-19)33(29,30)23-16-18(9-10-20(23)25)26-24(28)15-17-8-11-21-22(14-17)32-13-12-31-21/h3-11,14,16H,2,12-13,15H2,1H3,(H,26,28). The number of hydrogen-bond acceptors (Lipinski definition) is 5. The SMILES string of the molecule is CCN(c1ccccc1)S(=O)(=O)c1cc(NC(=O)Cc2ccc3c(c2)OCCO3)ccc1Cl. The van der Waals surface area contributed by atoms with Gasteiger partial charge in [0, 0.05) is 12.2 Å². The van der Waals surface area contributed by atoms with Crippen molar-refractivity contribution in [3.8, 4) is 11.5 Å². The summed E-state index contributed by atoms with van der Waals surface area (Å²) in [7, 11) is -3.94. The molecule has 1 amide bonds. The first-order valence-electron chi connectivity index (χ1n) is 10.4. The van der Waals surface area contributed by atoms with Crippen molar-refractivity contribution < 1.29 is 22.7 Å². The zero-order valence-electron chi connectivity index (χ0n) is 18.0. The average Bonchev–Trinajstić information content (AvgIpc) is 2.81. The van der Waals surface area contributed by atoms with Gasteiger partial charge in [-0.2, -0.15) is 0 Å². The normalized spacial score (nSPS) is 12.8. The number of nitrogens with zero attached hydrogens (tertiary/aromatic N) is 1. The Morgan fingerprint density at radius 2 is 1.73 bits per heavy atom. The summed E-state index contributed by atoms with van der Waals surface area (Å²) in [6.45, 7) is 2.93. The monoisotopic (exact) mass is 486 g/mol. The molecule has 0 saturated carbocycles. The van der Waals surface area contributed by atoms with Gasteiger partial charge >= 0.3 is 0 Å². The highest BCUT2D eigenvalue weighted by molar-refractivity contribution is 7.93. The van der Waals surface area contributed by atoms with E-state index in [1.54, 1.807) is 55.5 Å². The summed E-state index contributed by atoms with van der Waals surface area (Å²) in [5.74, 6) is 0.955. The van der Waals surface area contributed by atoms with Gasteiger partial charge in [0.15, 0.2) is 11.5 Å². The van der Waals surface area contributed by atoms with Gasteiger partial charge in [0.25, 0.3) is 10.0 Å². The fourth-order valence-electron chi connectivity index (χ4n) is 3.57. The van der Waals surface area contributed by atoms with Crippen molar-refractivity contribution in [2.75, 3.05) is 29.4 Å². The number of benzene rings is 3. The van der Waals surface area contributed by atoms with Gasteiger partial charge in [-0.15, -0.1) is 0 Å². The van der Waals surface area contributed by atoms with Crippen molar-refractivity contribution in [3.63, 3.8) is 0 Å². The van der Waals surface area contributed by atoms with E-state index < -0.39 is 10.0 Å². The lowest BCUT2D eigenvalue weighted by Crippen LogP contribution is -2.31. The van der Waals surface area contributed by atoms with Gasteiger partial charge in [-0.3, -0.25) is 9.10 Å². The van der Waals surface area contributed by atoms with Crippen molar-refractivity contribution in [3.05, 3.63) is 77.3 Å². The minimum atomic E-state index is -3.94. The number of nitrogens with one attached hydrogen (secondary N) is 1. The minimum Gasteiger partial charge on any atom is -0.486 e. The van der Waals surface area contributed by atoms with Crippen LogP contribution in [0.5, 0.6) is 11.5 Å². The predicted molar refractivity (Wildman–Crippen MR) is 128 cm³/mol. The number of para-hydroxylation sites is 1. The van der Waals surface area contributed by atoms with E-state index in [4.69, 9.17) is 21.1 Å². The Labute approximate surface area is 197 Å². The smallest absolute Gasteiger partial charge is 0.265 e. The Morgan fingerprint density at radius 3 is 2.45 bits per heavy atom. The minimum absolute atomic E-state index is 0.0769. The maximum absolute atomic E-state index is 13.4. The second-order valence-electron chi connectivity index (χ2n) is 7.35. The number of fused-ring (bicyclic) bond motifs is 1. The number of sulfonamides is 1. The van der Waals surface area contributed by atoms with E-state index in [0.717, 1.165) is 5.56 Å². The van der Waals surface area contributed by atoms with Crippen LogP contribution in [0.1, 0.15) is 12.5 Å². The number of carbonyl (C=O) groups is 1. The molecule has 0 aromatic heterocycles. The van der Waals surface area contributed by atoms with E-state index in [9.17, 15) is 13.2 Å². The third-order valence-electron chi connectivity index (χ3n) is 5.09. The molecule has 3 aromatic carbocycles. The number of anilines is 2. The number of halogens is 1. The molecule has 0 spiro atoms. The van der Waals surface area contributed by atoms with Gasteiger partial charge in [0.05, 0.1) is 17.1 Å². The molecule has 1 aliphatic rings. The molecule has 0 fully saturated rings. The average molecular weight is 487 g/mol. The molecule has 0 bridgehead atoms. The van der Waals surface area contributed by atoms with Gasteiger partial charge in [-0.05, 0) is 55.0 Å². The van der Waals surface area contributed by atoms with Crippen LogP contribution in [0.4, 0.5) is 11.4 Å². The number of ether oxygens (including phenoxy) is 2. The van der Waals surface area contributed by atoms with Gasteiger partial charge in [0.1, 0.15) is 18.1 Å². The summed E-state index contributed by atoms with van der Waals surface area (Å²) in [6.07, 6.45) is 0.0897. The molecule has 7 nitrogen and oxygen atoms in total. The fourth-order valence-corrected chi connectivity index (χ4v) is 5.55. The van der Waals surface area contributed by atoms with Gasteiger partial charge < -0.3 is 14.8 Å². The highest BCUT2D eigenvalue weighted by Gasteiger charge is 2.26. The van der Waals surface area contributed by atoms with Crippen LogP contribution in [-0.2, 0) is 21.2 Å². The highest BCUT2D eigenvalue weighted by atomic mass is 35.5. The molecule has 4 rings (SSSR count). The van der Waals surface area contributed by atoms with Gasteiger partial charge in [0.2, 0.25) is 5.91 Å². The van der Waals surface area contributed by atoms with Crippen molar-refractivity contribution in [2.45, 2.75) is 18.2 Å². The second kappa shape index (κ2) is 9.72. The number of hydrogen-bond donors (Lipinski definition) is 1. The van der Waals surface area contributed by atoms with Crippen molar-refractivity contribution in [1.82, 2.24) is 0 Å². The largest absolute Gasteiger partial charge is 0.486 e. The lowest BCUT2D eigenvalue weighted by atomic mass is 10.1. The maximum atomic E-state index is 13.4. The molecule has 172 valence electrons. The molecular formula is C24H23ClN2O5S. The van der Waals surface area contributed by atoms with Gasteiger partial charge in [-0.25, -0.2) is 8.42 Å². The lowest BCUT2D eigenvalue weighted by Gasteiger charge is -2.23. The zero-order chi connectivity index (χ0) is 23.4. The Balaban J connectivity index is 1.54. The van der Waals surface area contributed by atoms with Crippen molar-refractivity contribution in [2.24, 2.45) is 0 Å². The summed E-state index contributed by atoms with van der Waals surface area (Å²) in [6, 6.07) is 18.5. The van der Waals surface area contributed by atoms with E-state index in [1.807, 2.05) is 6.07 Å². The quantitative estimate of drug-likeness (QED) is 0.531. The highest BCUT2D eigenvalue weighted by Crippen LogP contribution is 2.32. The molecule has 0 atom stereocenters. The van der Waals surface area contributed by atoms with E-state index in [0.29, 0.717) is 36.1 Å². The Kier molecular flexibility index (Phi) is 6.76. The molecule has 3 aromatic rings. The third kappa shape index (κ3) is 5.07. The topological polar surface area (TPSA) is 84.9 Å². The first kappa shape index (κ1) is 22.9. The number of rotatable bonds is 7. The lowest BCUT2D eigenvalue weighted by molar-refractivity contribution is -0.115. The molecule has 33 heavy (non-hydrogen) atoms. The van der Waals surface area contributed by atoms with Crippen molar-refractivity contribution in [1.29, 1.82) is 0 Å². The van der Waals surface area contributed by atoms with E-state index in [1.165, 1.54) is 16.4 Å². The molecule has 0 radical (unpaired) electrons. The fraction of sp³-hybridized carbons (Fsp3) is 0.208.